The van der Waals surface area contributed by atoms with E-state index in [-0.39, 0.29) is 0 Å². The average Bonchev–Trinajstić information content (AvgIpc) is 2.76. The van der Waals surface area contributed by atoms with Gasteiger partial charge in [0.1, 0.15) is 0 Å². The summed E-state index contributed by atoms with van der Waals surface area (Å²) >= 11 is 1.90. The van der Waals surface area contributed by atoms with Crippen LogP contribution in [0.15, 0.2) is 12.1 Å². The minimum absolute atomic E-state index is 0.623. The molecule has 2 heterocycles. The zero-order valence-corrected chi connectivity index (χ0v) is 9.52. The molecular weight excluding hydrogens is 192 g/mol. The van der Waals surface area contributed by atoms with Gasteiger partial charge < -0.3 is 5.73 Å². The summed E-state index contributed by atoms with van der Waals surface area (Å²) in [6.07, 6.45) is 2.59. The van der Waals surface area contributed by atoms with Crippen LogP contribution in [0.2, 0.25) is 0 Å². The maximum absolute atomic E-state index is 5.74. The minimum atomic E-state index is 0.623. The number of hydrogen-bond acceptors (Lipinski definition) is 3. The van der Waals surface area contributed by atoms with E-state index in [2.05, 4.69) is 24.0 Å². The molecule has 0 aliphatic carbocycles. The molecule has 0 unspecified atom stereocenters. The Balaban J connectivity index is 1.96. The van der Waals surface area contributed by atoms with Crippen molar-refractivity contribution in [3.8, 4) is 0 Å². The maximum Gasteiger partial charge on any atom is 0.0331 e. The molecule has 0 spiro atoms. The van der Waals surface area contributed by atoms with Gasteiger partial charge in [-0.2, -0.15) is 0 Å². The monoisotopic (exact) mass is 210 g/mol. The molecule has 1 atom stereocenters. The topological polar surface area (TPSA) is 29.3 Å². The van der Waals surface area contributed by atoms with Gasteiger partial charge in [0.05, 0.1) is 0 Å². The Kier molecular flexibility index (Phi) is 3.21. The van der Waals surface area contributed by atoms with Gasteiger partial charge in [0, 0.05) is 28.9 Å². The standard InChI is InChI=1S/C11H18N2S/c1-9-4-5-11(14-9)8-13-6-2-3-10(13)7-12/h4-5,10H,2-3,6-8,12H2,1H3/t10-/m1/s1. The molecular formula is C11H18N2S. The SMILES string of the molecule is Cc1ccc(CN2CCC[C@@H]2CN)s1. The van der Waals surface area contributed by atoms with Crippen LogP contribution in [-0.4, -0.2) is 24.0 Å². The van der Waals surface area contributed by atoms with E-state index in [0.29, 0.717) is 6.04 Å². The summed E-state index contributed by atoms with van der Waals surface area (Å²) in [5.41, 5.74) is 5.74. The fourth-order valence-electron chi connectivity index (χ4n) is 2.14. The zero-order valence-electron chi connectivity index (χ0n) is 8.70. The highest BCUT2D eigenvalue weighted by atomic mass is 32.1. The Bertz CT molecular complexity index is 295. The largest absolute Gasteiger partial charge is 0.329 e. The van der Waals surface area contributed by atoms with Crippen molar-refractivity contribution in [2.24, 2.45) is 5.73 Å². The highest BCUT2D eigenvalue weighted by Gasteiger charge is 2.23. The fraction of sp³-hybridized carbons (Fsp3) is 0.636. The van der Waals surface area contributed by atoms with Gasteiger partial charge >= 0.3 is 0 Å². The van der Waals surface area contributed by atoms with E-state index in [4.69, 9.17) is 5.73 Å². The lowest BCUT2D eigenvalue weighted by Crippen LogP contribution is -2.34. The first kappa shape index (κ1) is 10.1. The third-order valence-electron chi connectivity index (χ3n) is 2.93. The van der Waals surface area contributed by atoms with Crippen LogP contribution in [0.3, 0.4) is 0 Å². The normalized spacial score (nSPS) is 23.1. The van der Waals surface area contributed by atoms with Crippen molar-refractivity contribution in [1.29, 1.82) is 0 Å². The van der Waals surface area contributed by atoms with Crippen molar-refractivity contribution in [3.63, 3.8) is 0 Å². The van der Waals surface area contributed by atoms with Crippen molar-refractivity contribution in [3.05, 3.63) is 21.9 Å². The summed E-state index contributed by atoms with van der Waals surface area (Å²) in [6.45, 7) is 5.29. The molecule has 0 amide bonds. The van der Waals surface area contributed by atoms with Crippen LogP contribution in [0, 0.1) is 6.92 Å². The van der Waals surface area contributed by atoms with Gasteiger partial charge in [-0.3, -0.25) is 4.90 Å². The van der Waals surface area contributed by atoms with Crippen LogP contribution in [-0.2, 0) is 6.54 Å². The molecule has 1 fully saturated rings. The fourth-order valence-corrected chi connectivity index (χ4v) is 3.06. The van der Waals surface area contributed by atoms with Crippen LogP contribution in [0.1, 0.15) is 22.6 Å². The predicted molar refractivity (Wildman–Crippen MR) is 61.5 cm³/mol. The van der Waals surface area contributed by atoms with E-state index in [1.807, 2.05) is 11.3 Å². The van der Waals surface area contributed by atoms with Crippen molar-refractivity contribution in [1.82, 2.24) is 4.90 Å². The van der Waals surface area contributed by atoms with Gasteiger partial charge in [-0.15, -0.1) is 11.3 Å². The summed E-state index contributed by atoms with van der Waals surface area (Å²) in [7, 11) is 0. The number of hydrogen-bond donors (Lipinski definition) is 1. The van der Waals surface area contributed by atoms with Crippen molar-refractivity contribution in [2.75, 3.05) is 13.1 Å². The molecule has 1 aliphatic heterocycles. The van der Waals surface area contributed by atoms with Gasteiger partial charge in [-0.05, 0) is 38.4 Å². The first-order valence-electron chi connectivity index (χ1n) is 5.29. The lowest BCUT2D eigenvalue weighted by Gasteiger charge is -2.22. The van der Waals surface area contributed by atoms with Crippen LogP contribution in [0.4, 0.5) is 0 Å². The third-order valence-corrected chi connectivity index (χ3v) is 3.91. The third kappa shape index (κ3) is 2.16. The Hall–Kier alpha value is -0.380. The number of likely N-dealkylation sites (tertiary alicyclic amines) is 1. The molecule has 0 aromatic carbocycles. The molecule has 1 aromatic heterocycles. The maximum atomic E-state index is 5.74. The Labute approximate surface area is 89.7 Å². The molecule has 1 aromatic rings. The second kappa shape index (κ2) is 4.43. The Morgan fingerprint density at radius 2 is 2.43 bits per heavy atom. The first-order valence-corrected chi connectivity index (χ1v) is 6.10. The number of aryl methyl sites for hydroxylation is 1. The molecule has 3 heteroatoms. The number of thiophene rings is 1. The lowest BCUT2D eigenvalue weighted by molar-refractivity contribution is 0.252. The van der Waals surface area contributed by atoms with Gasteiger partial charge in [0.15, 0.2) is 0 Å². The van der Waals surface area contributed by atoms with E-state index >= 15 is 0 Å². The van der Waals surface area contributed by atoms with Gasteiger partial charge in [-0.25, -0.2) is 0 Å². The smallest absolute Gasteiger partial charge is 0.0331 e. The molecule has 0 saturated carbocycles. The second-order valence-corrected chi connectivity index (χ2v) is 5.39. The van der Waals surface area contributed by atoms with Gasteiger partial charge in [0.2, 0.25) is 0 Å². The van der Waals surface area contributed by atoms with Gasteiger partial charge in [-0.1, -0.05) is 0 Å². The Morgan fingerprint density at radius 1 is 1.57 bits per heavy atom. The molecule has 0 radical (unpaired) electrons. The predicted octanol–water partition coefficient (Wildman–Crippen LogP) is 1.98. The molecule has 1 saturated heterocycles. The molecule has 2 rings (SSSR count). The van der Waals surface area contributed by atoms with E-state index < -0.39 is 0 Å². The van der Waals surface area contributed by atoms with Crippen molar-refractivity contribution in [2.45, 2.75) is 32.4 Å². The van der Waals surface area contributed by atoms with E-state index in [1.165, 1.54) is 29.1 Å². The quantitative estimate of drug-likeness (QED) is 0.826. The Morgan fingerprint density at radius 3 is 3.07 bits per heavy atom. The summed E-state index contributed by atoms with van der Waals surface area (Å²) in [5.74, 6) is 0. The molecule has 14 heavy (non-hydrogen) atoms. The van der Waals surface area contributed by atoms with E-state index in [9.17, 15) is 0 Å². The van der Waals surface area contributed by atoms with Gasteiger partial charge in [0.25, 0.3) is 0 Å². The molecule has 1 aliphatic rings. The summed E-state index contributed by atoms with van der Waals surface area (Å²) < 4.78 is 0. The highest BCUT2D eigenvalue weighted by Crippen LogP contribution is 2.22. The molecule has 0 bridgehead atoms. The van der Waals surface area contributed by atoms with E-state index in [1.54, 1.807) is 0 Å². The number of nitrogens with zero attached hydrogens (tertiary/aromatic N) is 1. The van der Waals surface area contributed by atoms with Crippen molar-refractivity contribution < 1.29 is 0 Å². The van der Waals surface area contributed by atoms with Crippen molar-refractivity contribution >= 4 is 11.3 Å². The summed E-state index contributed by atoms with van der Waals surface area (Å²) in [6, 6.07) is 5.07. The summed E-state index contributed by atoms with van der Waals surface area (Å²) in [4.78, 5) is 5.40. The molecule has 2 N–H and O–H groups in total. The van der Waals surface area contributed by atoms with Crippen LogP contribution in [0.25, 0.3) is 0 Å². The van der Waals surface area contributed by atoms with E-state index in [0.717, 1.165) is 13.1 Å². The average molecular weight is 210 g/mol. The van der Waals surface area contributed by atoms with Crippen LogP contribution < -0.4 is 5.73 Å². The first-order chi connectivity index (χ1) is 6.79. The minimum Gasteiger partial charge on any atom is -0.329 e. The molecule has 78 valence electrons. The van der Waals surface area contributed by atoms with Crippen LogP contribution in [0.5, 0.6) is 0 Å². The lowest BCUT2D eigenvalue weighted by atomic mass is 10.2. The number of nitrogens with two attached hydrogens (primary N) is 1. The van der Waals surface area contributed by atoms with Crippen LogP contribution >= 0.6 is 11.3 Å². The number of rotatable bonds is 3. The summed E-state index contributed by atoms with van der Waals surface area (Å²) in [5, 5.41) is 0. The second-order valence-electron chi connectivity index (χ2n) is 4.01. The zero-order chi connectivity index (χ0) is 9.97. The molecule has 2 nitrogen and oxygen atoms in total. The highest BCUT2D eigenvalue weighted by molar-refractivity contribution is 7.11.